The number of para-hydroxylation sites is 1. The van der Waals surface area contributed by atoms with Gasteiger partial charge < -0.3 is 25.1 Å². The van der Waals surface area contributed by atoms with Gasteiger partial charge in [-0.05, 0) is 66.7 Å². The van der Waals surface area contributed by atoms with E-state index in [1.807, 2.05) is 59.5 Å². The topological polar surface area (TPSA) is 108 Å². The monoisotopic (exact) mass is 540 g/mol. The van der Waals surface area contributed by atoms with E-state index >= 15 is 0 Å². The van der Waals surface area contributed by atoms with Gasteiger partial charge in [-0.2, -0.15) is 0 Å². The molecular formula is C30H28N4O4S. The number of rotatable bonds is 9. The number of anilines is 1. The van der Waals surface area contributed by atoms with E-state index in [9.17, 15) is 14.7 Å². The minimum absolute atomic E-state index is 0.107. The number of nitrogens with zero attached hydrogens (tertiary/aromatic N) is 2. The first-order valence-corrected chi connectivity index (χ1v) is 13.1. The quantitative estimate of drug-likeness (QED) is 0.235. The maximum Gasteiger partial charge on any atom is 0.335 e. The number of furan rings is 1. The highest BCUT2D eigenvalue weighted by Crippen LogP contribution is 2.40. The molecule has 0 saturated carbocycles. The third kappa shape index (κ3) is 5.68. The third-order valence-corrected chi connectivity index (χ3v) is 7.11. The molecule has 8 nitrogen and oxygen atoms in total. The molecule has 9 heteroatoms. The van der Waals surface area contributed by atoms with Crippen molar-refractivity contribution in [3.8, 4) is 11.3 Å². The van der Waals surface area contributed by atoms with Crippen LogP contribution in [-0.4, -0.2) is 38.5 Å². The van der Waals surface area contributed by atoms with Crippen LogP contribution in [0, 0.1) is 0 Å². The minimum atomic E-state index is -1.00. The molecule has 3 N–H and O–H groups in total. The number of aromatic carboxylic acids is 1. The summed E-state index contributed by atoms with van der Waals surface area (Å²) in [5, 5.41) is 16.3. The van der Waals surface area contributed by atoms with Crippen LogP contribution in [0.3, 0.4) is 0 Å². The number of hydrogen-bond acceptors (Lipinski definition) is 5. The molecule has 1 aliphatic rings. The number of benzene rings is 2. The zero-order chi connectivity index (χ0) is 27.4. The summed E-state index contributed by atoms with van der Waals surface area (Å²) in [7, 11) is 0. The highest BCUT2D eigenvalue weighted by Gasteiger charge is 2.41. The summed E-state index contributed by atoms with van der Waals surface area (Å²) in [6, 6.07) is 23.1. The van der Waals surface area contributed by atoms with Crippen LogP contribution in [0.25, 0.3) is 11.3 Å². The van der Waals surface area contributed by atoms with Crippen molar-refractivity contribution in [1.29, 1.82) is 0 Å². The maximum absolute atomic E-state index is 12.9. The number of carbonyl (C=O) groups is 2. The Morgan fingerprint density at radius 2 is 1.90 bits per heavy atom. The maximum atomic E-state index is 12.9. The van der Waals surface area contributed by atoms with Crippen molar-refractivity contribution in [2.45, 2.75) is 31.8 Å². The Labute approximate surface area is 231 Å². The fourth-order valence-corrected chi connectivity index (χ4v) is 5.14. The highest BCUT2D eigenvalue weighted by molar-refractivity contribution is 7.80. The van der Waals surface area contributed by atoms with Crippen LogP contribution in [0.15, 0.2) is 89.5 Å². The van der Waals surface area contributed by atoms with Crippen molar-refractivity contribution >= 4 is 34.9 Å². The van der Waals surface area contributed by atoms with Gasteiger partial charge in [0.15, 0.2) is 5.11 Å². The van der Waals surface area contributed by atoms with Gasteiger partial charge in [-0.25, -0.2) is 4.79 Å². The molecule has 0 aliphatic carbocycles. The number of nitrogens with one attached hydrogen (secondary N) is 2. The number of carboxylic acid groups (broad SMARTS) is 1. The van der Waals surface area contributed by atoms with E-state index in [0.29, 0.717) is 28.7 Å². The fourth-order valence-electron chi connectivity index (χ4n) is 4.81. The lowest BCUT2D eigenvalue weighted by atomic mass is 10.0. The van der Waals surface area contributed by atoms with Gasteiger partial charge in [0, 0.05) is 30.4 Å². The Morgan fingerprint density at radius 3 is 2.67 bits per heavy atom. The average molecular weight is 541 g/mol. The molecule has 2 aromatic heterocycles. The summed E-state index contributed by atoms with van der Waals surface area (Å²) in [4.78, 5) is 30.9. The number of carboxylic acids is 1. The molecule has 0 radical (unpaired) electrons. The SMILES string of the molecule is CCc1ccccc1NC(=O)CCN1C(=S)NC(c2ccccn2)C1c1ccc(-c2cccc(C(=O)O)c2)o1. The summed E-state index contributed by atoms with van der Waals surface area (Å²) in [5.41, 5.74) is 3.52. The van der Waals surface area contributed by atoms with Crippen LogP contribution in [0.2, 0.25) is 0 Å². The minimum Gasteiger partial charge on any atom is -0.478 e. The lowest BCUT2D eigenvalue weighted by Gasteiger charge is -2.26. The average Bonchev–Trinajstić information content (AvgIpc) is 3.57. The van der Waals surface area contributed by atoms with Gasteiger partial charge in [0.2, 0.25) is 5.91 Å². The summed E-state index contributed by atoms with van der Waals surface area (Å²) >= 11 is 5.71. The largest absolute Gasteiger partial charge is 0.478 e. The van der Waals surface area contributed by atoms with Crippen LogP contribution >= 0.6 is 12.2 Å². The van der Waals surface area contributed by atoms with Gasteiger partial charge in [0.25, 0.3) is 0 Å². The number of aryl methyl sites for hydroxylation is 1. The van der Waals surface area contributed by atoms with Gasteiger partial charge in [-0.3, -0.25) is 9.78 Å². The number of aromatic nitrogens is 1. The number of thiocarbonyl (C=S) groups is 1. The van der Waals surface area contributed by atoms with E-state index < -0.39 is 5.97 Å². The second-order valence-corrected chi connectivity index (χ2v) is 9.60. The Bertz CT molecular complexity index is 1500. The summed E-state index contributed by atoms with van der Waals surface area (Å²) in [6.45, 7) is 2.42. The molecule has 5 rings (SSSR count). The van der Waals surface area contributed by atoms with Crippen molar-refractivity contribution in [3.63, 3.8) is 0 Å². The van der Waals surface area contributed by atoms with Crippen LogP contribution in [0.4, 0.5) is 5.69 Å². The first-order chi connectivity index (χ1) is 18.9. The lowest BCUT2D eigenvalue weighted by molar-refractivity contribution is -0.116. The molecular weight excluding hydrogens is 512 g/mol. The number of pyridine rings is 1. The molecule has 39 heavy (non-hydrogen) atoms. The van der Waals surface area contributed by atoms with E-state index in [1.54, 1.807) is 24.4 Å². The van der Waals surface area contributed by atoms with E-state index in [4.69, 9.17) is 16.6 Å². The molecule has 2 unspecified atom stereocenters. The molecule has 0 spiro atoms. The van der Waals surface area contributed by atoms with E-state index in [0.717, 1.165) is 23.4 Å². The van der Waals surface area contributed by atoms with Crippen molar-refractivity contribution in [1.82, 2.24) is 15.2 Å². The predicted molar refractivity (Wildman–Crippen MR) is 152 cm³/mol. The molecule has 1 saturated heterocycles. The molecule has 2 atom stereocenters. The molecule has 0 bridgehead atoms. The van der Waals surface area contributed by atoms with Crippen LogP contribution in [-0.2, 0) is 11.2 Å². The normalized spacial score (nSPS) is 16.6. The van der Waals surface area contributed by atoms with Crippen LogP contribution in [0.1, 0.15) is 52.8 Å². The smallest absolute Gasteiger partial charge is 0.335 e. The lowest BCUT2D eigenvalue weighted by Crippen LogP contribution is -2.32. The van der Waals surface area contributed by atoms with E-state index in [2.05, 4.69) is 22.5 Å². The Kier molecular flexibility index (Phi) is 7.69. The molecule has 4 aromatic rings. The zero-order valence-electron chi connectivity index (χ0n) is 21.3. The molecule has 1 amide bonds. The Morgan fingerprint density at radius 1 is 1.08 bits per heavy atom. The van der Waals surface area contributed by atoms with E-state index in [1.165, 1.54) is 6.07 Å². The van der Waals surface area contributed by atoms with Gasteiger partial charge in [-0.15, -0.1) is 0 Å². The molecule has 2 aromatic carbocycles. The number of hydrogen-bond donors (Lipinski definition) is 3. The second kappa shape index (κ2) is 11.5. The first-order valence-electron chi connectivity index (χ1n) is 12.7. The fraction of sp³-hybridized carbons (Fsp3) is 0.200. The Balaban J connectivity index is 1.41. The molecule has 198 valence electrons. The summed E-state index contributed by atoms with van der Waals surface area (Å²) < 4.78 is 6.29. The van der Waals surface area contributed by atoms with Gasteiger partial charge in [0.05, 0.1) is 17.3 Å². The van der Waals surface area contributed by atoms with E-state index in [-0.39, 0.29) is 30.0 Å². The van der Waals surface area contributed by atoms with Crippen LogP contribution < -0.4 is 10.6 Å². The van der Waals surface area contributed by atoms with Crippen LogP contribution in [0.5, 0.6) is 0 Å². The predicted octanol–water partition coefficient (Wildman–Crippen LogP) is 5.60. The third-order valence-electron chi connectivity index (χ3n) is 6.76. The Hall–Kier alpha value is -4.50. The first kappa shape index (κ1) is 26.1. The standard InChI is InChI=1S/C30H28N4O4S/c1-2-19-8-3-4-11-22(19)32-26(35)15-17-34-28(27(33-30(34)39)23-12-5-6-16-31-23)25-14-13-24(38-25)20-9-7-10-21(18-20)29(36)37/h3-14,16,18,27-28H,2,15,17H2,1H3,(H,32,35)(H,33,39)(H,36,37). The van der Waals surface area contributed by atoms with Crippen molar-refractivity contribution in [2.24, 2.45) is 0 Å². The van der Waals surface area contributed by atoms with Crippen molar-refractivity contribution < 1.29 is 19.1 Å². The van der Waals surface area contributed by atoms with Gasteiger partial charge >= 0.3 is 5.97 Å². The summed E-state index contributed by atoms with van der Waals surface area (Å²) in [6.07, 6.45) is 2.77. The summed E-state index contributed by atoms with van der Waals surface area (Å²) in [5.74, 6) is 0.0598. The van der Waals surface area contributed by atoms with Gasteiger partial charge in [-0.1, -0.05) is 43.3 Å². The highest BCUT2D eigenvalue weighted by atomic mass is 32.1. The number of carbonyl (C=O) groups excluding carboxylic acids is 1. The molecule has 3 heterocycles. The second-order valence-electron chi connectivity index (χ2n) is 9.22. The molecule has 1 aliphatic heterocycles. The van der Waals surface area contributed by atoms with Crippen molar-refractivity contribution in [3.05, 3.63) is 108 Å². The zero-order valence-corrected chi connectivity index (χ0v) is 22.2. The van der Waals surface area contributed by atoms with Crippen molar-refractivity contribution in [2.75, 3.05) is 11.9 Å². The number of amides is 1. The molecule has 1 fully saturated rings. The van der Waals surface area contributed by atoms with Gasteiger partial charge in [0.1, 0.15) is 17.6 Å².